The molecule has 154 valence electrons. The molecule has 1 unspecified atom stereocenters. The molecule has 1 aromatic carbocycles. The number of piperazine rings is 1. The number of halogens is 1. The second-order valence-electron chi connectivity index (χ2n) is 7.66. The van der Waals surface area contributed by atoms with Crippen LogP contribution in [0.25, 0.3) is 0 Å². The number of amides is 2. The van der Waals surface area contributed by atoms with E-state index in [2.05, 4.69) is 0 Å². The summed E-state index contributed by atoms with van der Waals surface area (Å²) >= 11 is 0. The number of hydrogen-bond donors (Lipinski definition) is 0. The average Bonchev–Trinajstić information content (AvgIpc) is 3.01. The molecule has 0 aliphatic carbocycles. The summed E-state index contributed by atoms with van der Waals surface area (Å²) in [5.74, 6) is -1.16. The molecule has 2 saturated heterocycles. The van der Waals surface area contributed by atoms with Gasteiger partial charge in [-0.25, -0.2) is 12.8 Å². The molecule has 2 fully saturated rings. The molecule has 1 atom stereocenters. The van der Waals surface area contributed by atoms with Gasteiger partial charge in [0.15, 0.2) is 0 Å². The van der Waals surface area contributed by atoms with Crippen molar-refractivity contribution in [3.05, 3.63) is 29.6 Å². The highest BCUT2D eigenvalue weighted by atomic mass is 32.2. The largest absolute Gasteiger partial charge is 0.340 e. The summed E-state index contributed by atoms with van der Waals surface area (Å²) in [7, 11) is -3.01. The number of hydrogen-bond acceptors (Lipinski definition) is 5. The van der Waals surface area contributed by atoms with Crippen LogP contribution < -0.4 is 4.90 Å². The molecular formula is C19H26FN3O4S. The highest BCUT2D eigenvalue weighted by Gasteiger charge is 2.38. The van der Waals surface area contributed by atoms with Crippen molar-refractivity contribution in [2.45, 2.75) is 13.3 Å². The van der Waals surface area contributed by atoms with E-state index < -0.39 is 21.6 Å². The van der Waals surface area contributed by atoms with Crippen molar-refractivity contribution in [3.8, 4) is 0 Å². The van der Waals surface area contributed by atoms with Crippen molar-refractivity contribution < 1.29 is 22.4 Å². The molecule has 2 aliphatic rings. The molecule has 2 amide bonds. The molecule has 0 radical (unpaired) electrons. The van der Waals surface area contributed by atoms with Gasteiger partial charge in [0, 0.05) is 51.9 Å². The molecular weight excluding hydrogens is 385 g/mol. The van der Waals surface area contributed by atoms with Crippen molar-refractivity contribution >= 4 is 27.3 Å². The highest BCUT2D eigenvalue weighted by Crippen LogP contribution is 2.29. The maximum absolute atomic E-state index is 14.2. The second kappa shape index (κ2) is 8.16. The van der Waals surface area contributed by atoms with Gasteiger partial charge in [0.05, 0.1) is 17.4 Å². The Labute approximate surface area is 165 Å². The van der Waals surface area contributed by atoms with Crippen molar-refractivity contribution in [3.63, 3.8) is 0 Å². The zero-order valence-electron chi connectivity index (χ0n) is 16.2. The Hall–Kier alpha value is -2.00. The molecule has 9 heteroatoms. The fourth-order valence-electron chi connectivity index (χ4n) is 3.68. The summed E-state index contributed by atoms with van der Waals surface area (Å²) in [5.41, 5.74) is 0.991. The smallest absolute Gasteiger partial charge is 0.228 e. The van der Waals surface area contributed by atoms with Crippen molar-refractivity contribution in [1.82, 2.24) is 9.80 Å². The van der Waals surface area contributed by atoms with E-state index in [-0.39, 0.29) is 36.2 Å². The van der Waals surface area contributed by atoms with E-state index in [1.165, 1.54) is 17.2 Å². The summed E-state index contributed by atoms with van der Waals surface area (Å²) in [4.78, 5) is 30.3. The highest BCUT2D eigenvalue weighted by molar-refractivity contribution is 7.90. The lowest BCUT2D eigenvalue weighted by Crippen LogP contribution is -2.51. The fraction of sp³-hybridized carbons (Fsp3) is 0.579. The van der Waals surface area contributed by atoms with Gasteiger partial charge < -0.3 is 9.80 Å². The topological polar surface area (TPSA) is 78.0 Å². The molecule has 3 rings (SSSR count). The number of sulfone groups is 1. The molecule has 0 spiro atoms. The van der Waals surface area contributed by atoms with Crippen LogP contribution in [0.3, 0.4) is 0 Å². The Kier molecular flexibility index (Phi) is 6.04. The Bertz CT molecular complexity index is 866. The molecule has 28 heavy (non-hydrogen) atoms. The number of carbonyl (C=O) groups excluding carboxylic acids is 2. The van der Waals surface area contributed by atoms with Crippen LogP contribution in [-0.2, 0) is 19.4 Å². The van der Waals surface area contributed by atoms with Crippen LogP contribution in [-0.4, -0.2) is 81.3 Å². The summed E-state index contributed by atoms with van der Waals surface area (Å²) < 4.78 is 36.8. The molecule has 0 aromatic heterocycles. The predicted octanol–water partition coefficient (Wildman–Crippen LogP) is 0.676. The van der Waals surface area contributed by atoms with Gasteiger partial charge in [0.25, 0.3) is 0 Å². The zero-order valence-corrected chi connectivity index (χ0v) is 17.0. The predicted molar refractivity (Wildman–Crippen MR) is 104 cm³/mol. The second-order valence-corrected chi connectivity index (χ2v) is 9.92. The standard InChI is InChI=1S/C19H26FN3O4S/c1-14-3-4-17(16(20)11-14)23-13-15(12-18(23)24)19(25)22-7-5-21(6-8-22)9-10-28(2,26)27/h3-4,11,15H,5-10,12-13H2,1-2H3. The van der Waals surface area contributed by atoms with Gasteiger partial charge in [-0.15, -0.1) is 0 Å². The molecule has 2 heterocycles. The lowest BCUT2D eigenvalue weighted by Gasteiger charge is -2.35. The van der Waals surface area contributed by atoms with Crippen LogP contribution in [0.2, 0.25) is 0 Å². The van der Waals surface area contributed by atoms with E-state index in [0.29, 0.717) is 32.7 Å². The Morgan fingerprint density at radius 1 is 1.21 bits per heavy atom. The van der Waals surface area contributed by atoms with Crippen LogP contribution in [0.4, 0.5) is 10.1 Å². The number of benzene rings is 1. The third kappa shape index (κ3) is 4.88. The third-order valence-electron chi connectivity index (χ3n) is 5.33. The minimum absolute atomic E-state index is 0.0838. The van der Waals surface area contributed by atoms with E-state index in [1.807, 2.05) is 4.90 Å². The number of carbonyl (C=O) groups is 2. The number of nitrogens with zero attached hydrogens (tertiary/aromatic N) is 3. The third-order valence-corrected chi connectivity index (χ3v) is 6.25. The first-order chi connectivity index (χ1) is 13.1. The molecule has 0 saturated carbocycles. The molecule has 0 bridgehead atoms. The van der Waals surface area contributed by atoms with Crippen LogP contribution in [0.1, 0.15) is 12.0 Å². The van der Waals surface area contributed by atoms with E-state index in [4.69, 9.17) is 0 Å². The quantitative estimate of drug-likeness (QED) is 0.712. The average molecular weight is 411 g/mol. The lowest BCUT2D eigenvalue weighted by molar-refractivity contribution is -0.137. The van der Waals surface area contributed by atoms with Crippen LogP contribution in [0.5, 0.6) is 0 Å². The Morgan fingerprint density at radius 3 is 2.50 bits per heavy atom. The van der Waals surface area contributed by atoms with Gasteiger partial charge in [0.1, 0.15) is 15.7 Å². The van der Waals surface area contributed by atoms with Gasteiger partial charge in [0.2, 0.25) is 11.8 Å². The molecule has 7 nitrogen and oxygen atoms in total. The van der Waals surface area contributed by atoms with Crippen LogP contribution in [0.15, 0.2) is 18.2 Å². The normalized spacial score (nSPS) is 21.4. The van der Waals surface area contributed by atoms with Crippen molar-refractivity contribution in [1.29, 1.82) is 0 Å². The van der Waals surface area contributed by atoms with Crippen LogP contribution >= 0.6 is 0 Å². The maximum Gasteiger partial charge on any atom is 0.228 e. The first-order valence-electron chi connectivity index (χ1n) is 9.39. The summed E-state index contributed by atoms with van der Waals surface area (Å²) in [6.45, 7) is 4.66. The first-order valence-corrected chi connectivity index (χ1v) is 11.5. The lowest BCUT2D eigenvalue weighted by atomic mass is 10.1. The van der Waals surface area contributed by atoms with E-state index in [0.717, 1.165) is 5.56 Å². The van der Waals surface area contributed by atoms with E-state index in [9.17, 15) is 22.4 Å². The number of rotatable bonds is 5. The fourth-order valence-corrected chi connectivity index (χ4v) is 4.27. The minimum Gasteiger partial charge on any atom is -0.340 e. The Morgan fingerprint density at radius 2 is 1.89 bits per heavy atom. The summed E-state index contributed by atoms with van der Waals surface area (Å²) in [6, 6.07) is 4.71. The monoisotopic (exact) mass is 411 g/mol. The van der Waals surface area contributed by atoms with Crippen molar-refractivity contribution in [2.24, 2.45) is 5.92 Å². The van der Waals surface area contributed by atoms with Crippen LogP contribution in [0, 0.1) is 18.7 Å². The van der Waals surface area contributed by atoms with Gasteiger partial charge in [-0.05, 0) is 24.6 Å². The minimum atomic E-state index is -3.01. The van der Waals surface area contributed by atoms with Gasteiger partial charge in [-0.1, -0.05) is 6.07 Å². The first kappa shape index (κ1) is 20.7. The zero-order chi connectivity index (χ0) is 20.5. The van der Waals surface area contributed by atoms with Gasteiger partial charge >= 0.3 is 0 Å². The summed E-state index contributed by atoms with van der Waals surface area (Å²) in [5, 5.41) is 0. The SMILES string of the molecule is Cc1ccc(N2CC(C(=O)N3CCN(CCS(C)(=O)=O)CC3)CC2=O)c(F)c1. The van der Waals surface area contributed by atoms with Gasteiger partial charge in [-0.3, -0.25) is 14.5 Å². The van der Waals surface area contributed by atoms with E-state index in [1.54, 1.807) is 24.0 Å². The maximum atomic E-state index is 14.2. The van der Waals surface area contributed by atoms with Crippen molar-refractivity contribution in [2.75, 3.05) is 56.2 Å². The van der Waals surface area contributed by atoms with Gasteiger partial charge in [-0.2, -0.15) is 0 Å². The number of aryl methyl sites for hydroxylation is 1. The summed E-state index contributed by atoms with van der Waals surface area (Å²) in [6.07, 6.45) is 1.30. The molecule has 2 aliphatic heterocycles. The van der Waals surface area contributed by atoms with E-state index >= 15 is 0 Å². The Balaban J connectivity index is 1.57. The molecule has 1 aromatic rings. The number of anilines is 1. The molecule has 0 N–H and O–H groups in total.